The van der Waals surface area contributed by atoms with Gasteiger partial charge in [-0.2, -0.15) is 0 Å². The zero-order valence-electron chi connectivity index (χ0n) is 12.5. The summed E-state index contributed by atoms with van der Waals surface area (Å²) in [4.78, 5) is 28.7. The van der Waals surface area contributed by atoms with Gasteiger partial charge in [0.2, 0.25) is 5.91 Å². The third kappa shape index (κ3) is 2.82. The minimum Gasteiger partial charge on any atom is -0.459 e. The largest absolute Gasteiger partial charge is 0.459 e. The van der Waals surface area contributed by atoms with Crippen LogP contribution in [0.2, 0.25) is 0 Å². The van der Waals surface area contributed by atoms with Crippen molar-refractivity contribution < 1.29 is 14.0 Å². The zero-order chi connectivity index (χ0) is 14.8. The molecule has 1 aromatic rings. The summed E-state index contributed by atoms with van der Waals surface area (Å²) in [5, 5.41) is 0. The second kappa shape index (κ2) is 5.92. The Morgan fingerprint density at radius 1 is 1.19 bits per heavy atom. The van der Waals surface area contributed by atoms with E-state index in [1.165, 1.54) is 6.26 Å². The minimum atomic E-state index is -0.309. The van der Waals surface area contributed by atoms with Gasteiger partial charge in [0.15, 0.2) is 5.76 Å². The Balaban J connectivity index is 1.69. The summed E-state index contributed by atoms with van der Waals surface area (Å²) < 4.78 is 5.18. The Labute approximate surface area is 124 Å². The number of hydrogen-bond acceptors (Lipinski definition) is 3. The molecule has 2 saturated heterocycles. The molecule has 3 heterocycles. The highest BCUT2D eigenvalue weighted by Gasteiger charge is 2.38. The lowest BCUT2D eigenvalue weighted by atomic mass is 9.98. The lowest BCUT2D eigenvalue weighted by molar-refractivity contribution is -0.136. The molecule has 0 saturated carbocycles. The first-order chi connectivity index (χ1) is 10.2. The van der Waals surface area contributed by atoms with Crippen LogP contribution in [0, 0.1) is 5.92 Å². The van der Waals surface area contributed by atoms with E-state index in [0.29, 0.717) is 18.2 Å². The molecule has 2 fully saturated rings. The normalized spacial score (nSPS) is 23.6. The van der Waals surface area contributed by atoms with Gasteiger partial charge < -0.3 is 14.2 Å². The van der Waals surface area contributed by atoms with Crippen LogP contribution in [0.4, 0.5) is 0 Å². The molecule has 2 aliphatic heterocycles. The van der Waals surface area contributed by atoms with Gasteiger partial charge in [-0.1, -0.05) is 6.92 Å². The molecule has 0 radical (unpaired) electrons. The predicted octanol–water partition coefficient (Wildman–Crippen LogP) is 2.14. The third-order valence-corrected chi connectivity index (χ3v) is 4.63. The molecule has 0 unspecified atom stereocenters. The van der Waals surface area contributed by atoms with Crippen molar-refractivity contribution in [1.82, 2.24) is 9.80 Å². The summed E-state index contributed by atoms with van der Waals surface area (Å²) in [6.45, 7) is 4.50. The summed E-state index contributed by atoms with van der Waals surface area (Å²) >= 11 is 0. The number of rotatable bonds is 2. The quantitative estimate of drug-likeness (QED) is 0.838. The molecule has 2 amide bonds. The van der Waals surface area contributed by atoms with Crippen LogP contribution < -0.4 is 0 Å². The Morgan fingerprint density at radius 3 is 2.62 bits per heavy atom. The smallest absolute Gasteiger partial charge is 0.290 e. The Morgan fingerprint density at radius 2 is 1.95 bits per heavy atom. The highest BCUT2D eigenvalue weighted by atomic mass is 16.3. The van der Waals surface area contributed by atoms with Crippen molar-refractivity contribution in [2.24, 2.45) is 5.92 Å². The molecular weight excluding hydrogens is 268 g/mol. The van der Waals surface area contributed by atoms with E-state index in [4.69, 9.17) is 4.42 Å². The number of furan rings is 1. The lowest BCUT2D eigenvalue weighted by Crippen LogP contribution is -2.49. The molecule has 0 aliphatic carbocycles. The fourth-order valence-corrected chi connectivity index (χ4v) is 3.25. The molecule has 2 aliphatic rings. The van der Waals surface area contributed by atoms with Crippen LogP contribution in [0.25, 0.3) is 0 Å². The molecule has 1 aromatic heterocycles. The van der Waals surface area contributed by atoms with Crippen molar-refractivity contribution in [3.8, 4) is 0 Å². The van der Waals surface area contributed by atoms with Crippen LogP contribution >= 0.6 is 0 Å². The maximum Gasteiger partial charge on any atom is 0.290 e. The van der Waals surface area contributed by atoms with E-state index in [-0.39, 0.29) is 17.9 Å². The van der Waals surface area contributed by atoms with E-state index in [1.54, 1.807) is 17.0 Å². The Bertz CT molecular complexity index is 504. The number of piperidine rings is 1. The van der Waals surface area contributed by atoms with Gasteiger partial charge in [0.05, 0.1) is 6.26 Å². The number of carbonyl (C=O) groups is 2. The summed E-state index contributed by atoms with van der Waals surface area (Å²) in [6.07, 6.45) is 5.26. The number of nitrogens with zero attached hydrogens (tertiary/aromatic N) is 2. The molecule has 0 aromatic carbocycles. The average molecular weight is 290 g/mol. The van der Waals surface area contributed by atoms with Crippen molar-refractivity contribution in [2.75, 3.05) is 19.6 Å². The number of likely N-dealkylation sites (tertiary alicyclic amines) is 2. The van der Waals surface area contributed by atoms with Gasteiger partial charge >= 0.3 is 0 Å². The standard InChI is InChI=1S/C16H22N2O3/c1-12-6-9-17(10-7-12)15(19)13-4-2-8-18(13)16(20)14-5-3-11-21-14/h3,5,11-13H,2,4,6-10H2,1H3/t13-/m0/s1. The summed E-state index contributed by atoms with van der Waals surface area (Å²) in [6, 6.07) is 3.05. The van der Waals surface area contributed by atoms with Gasteiger partial charge in [0, 0.05) is 19.6 Å². The molecule has 5 heteroatoms. The highest BCUT2D eigenvalue weighted by molar-refractivity contribution is 5.96. The summed E-state index contributed by atoms with van der Waals surface area (Å²) in [7, 11) is 0. The summed E-state index contributed by atoms with van der Waals surface area (Å²) in [5.74, 6) is 0.959. The van der Waals surface area contributed by atoms with Crippen LogP contribution in [0.5, 0.6) is 0 Å². The molecular formula is C16H22N2O3. The van der Waals surface area contributed by atoms with Crippen molar-refractivity contribution in [3.63, 3.8) is 0 Å². The highest BCUT2D eigenvalue weighted by Crippen LogP contribution is 2.24. The van der Waals surface area contributed by atoms with Crippen molar-refractivity contribution in [2.45, 2.75) is 38.6 Å². The van der Waals surface area contributed by atoms with E-state index in [1.807, 2.05) is 4.90 Å². The first-order valence-corrected chi connectivity index (χ1v) is 7.80. The molecule has 5 nitrogen and oxygen atoms in total. The van der Waals surface area contributed by atoms with Crippen LogP contribution in [-0.4, -0.2) is 47.3 Å². The van der Waals surface area contributed by atoms with Gasteiger partial charge in [-0.15, -0.1) is 0 Å². The first kappa shape index (κ1) is 14.2. The van der Waals surface area contributed by atoms with Crippen LogP contribution in [0.1, 0.15) is 43.2 Å². The van der Waals surface area contributed by atoms with Gasteiger partial charge in [-0.25, -0.2) is 0 Å². The molecule has 0 bridgehead atoms. The second-order valence-corrected chi connectivity index (χ2v) is 6.14. The van der Waals surface area contributed by atoms with E-state index >= 15 is 0 Å². The number of amides is 2. The monoisotopic (exact) mass is 290 g/mol. The number of hydrogen-bond donors (Lipinski definition) is 0. The maximum absolute atomic E-state index is 12.7. The fraction of sp³-hybridized carbons (Fsp3) is 0.625. The summed E-state index contributed by atoms with van der Waals surface area (Å²) in [5.41, 5.74) is 0. The minimum absolute atomic E-state index is 0.110. The second-order valence-electron chi connectivity index (χ2n) is 6.14. The Hall–Kier alpha value is -1.78. The van der Waals surface area contributed by atoms with Gasteiger partial charge in [-0.3, -0.25) is 9.59 Å². The zero-order valence-corrected chi connectivity index (χ0v) is 12.5. The van der Waals surface area contributed by atoms with E-state index in [0.717, 1.165) is 38.8 Å². The van der Waals surface area contributed by atoms with Crippen LogP contribution in [-0.2, 0) is 4.79 Å². The van der Waals surface area contributed by atoms with Gasteiger partial charge in [0.1, 0.15) is 6.04 Å². The van der Waals surface area contributed by atoms with Crippen molar-refractivity contribution in [3.05, 3.63) is 24.2 Å². The fourth-order valence-electron chi connectivity index (χ4n) is 3.25. The van der Waals surface area contributed by atoms with Crippen molar-refractivity contribution >= 4 is 11.8 Å². The molecule has 0 N–H and O–H groups in total. The van der Waals surface area contributed by atoms with E-state index in [9.17, 15) is 9.59 Å². The first-order valence-electron chi connectivity index (χ1n) is 7.80. The maximum atomic E-state index is 12.7. The topological polar surface area (TPSA) is 53.8 Å². The number of carbonyl (C=O) groups excluding carboxylic acids is 2. The van der Waals surface area contributed by atoms with Gasteiger partial charge in [0.25, 0.3) is 5.91 Å². The predicted molar refractivity (Wildman–Crippen MR) is 77.7 cm³/mol. The van der Waals surface area contributed by atoms with Gasteiger partial charge in [-0.05, 0) is 43.7 Å². The SMILES string of the molecule is CC1CCN(C(=O)[C@@H]2CCCN2C(=O)c2ccco2)CC1. The molecule has 21 heavy (non-hydrogen) atoms. The van der Waals surface area contributed by atoms with Crippen molar-refractivity contribution in [1.29, 1.82) is 0 Å². The van der Waals surface area contributed by atoms with E-state index in [2.05, 4.69) is 6.92 Å². The molecule has 3 rings (SSSR count). The molecule has 0 spiro atoms. The van der Waals surface area contributed by atoms with Crippen LogP contribution in [0.3, 0.4) is 0 Å². The van der Waals surface area contributed by atoms with Crippen LogP contribution in [0.15, 0.2) is 22.8 Å². The van der Waals surface area contributed by atoms with E-state index < -0.39 is 0 Å². The third-order valence-electron chi connectivity index (χ3n) is 4.63. The average Bonchev–Trinajstić information content (AvgIpc) is 3.18. The molecule has 1 atom stereocenters. The Kier molecular flexibility index (Phi) is 3.99. The lowest BCUT2D eigenvalue weighted by Gasteiger charge is -2.34. The molecule has 114 valence electrons.